The van der Waals surface area contributed by atoms with Crippen LogP contribution in [-0.2, 0) is 10.0 Å². The third-order valence-electron chi connectivity index (χ3n) is 7.05. The summed E-state index contributed by atoms with van der Waals surface area (Å²) in [6.07, 6.45) is 7.82. The number of aromatic carboxylic acids is 1. The highest BCUT2D eigenvalue weighted by Crippen LogP contribution is 2.59. The summed E-state index contributed by atoms with van der Waals surface area (Å²) in [6.45, 7) is 0. The van der Waals surface area contributed by atoms with Crippen LogP contribution in [-0.4, -0.2) is 31.6 Å². The van der Waals surface area contributed by atoms with E-state index in [1.54, 1.807) is 0 Å². The van der Waals surface area contributed by atoms with E-state index in [-0.39, 0.29) is 16.5 Å². The van der Waals surface area contributed by atoms with E-state index in [1.165, 1.54) is 67.9 Å². The predicted octanol–water partition coefficient (Wildman–Crippen LogP) is 5.89. The summed E-state index contributed by atoms with van der Waals surface area (Å²) in [5.74, 6) is -2.10. The van der Waals surface area contributed by atoms with Crippen molar-refractivity contribution >= 4 is 33.0 Å². The molecule has 1 spiro atoms. The molecule has 0 bridgehead atoms. The number of rotatable bonds is 7. The van der Waals surface area contributed by atoms with Crippen molar-refractivity contribution in [2.75, 3.05) is 11.8 Å². The number of nitrogens with one attached hydrogen (secondary N) is 1. The third-order valence-corrected chi connectivity index (χ3v) is 9.34. The second-order valence-corrected chi connectivity index (χ2v) is 11.8. The summed E-state index contributed by atoms with van der Waals surface area (Å²) < 4.78 is 47.3. The summed E-state index contributed by atoms with van der Waals surface area (Å²) in [4.78, 5) is 15.4. The average molecular weight is 517 g/mol. The lowest BCUT2D eigenvalue weighted by Crippen LogP contribution is -2.15. The zero-order valence-electron chi connectivity index (χ0n) is 19.1. The van der Waals surface area contributed by atoms with Crippen molar-refractivity contribution in [3.63, 3.8) is 0 Å². The van der Waals surface area contributed by atoms with E-state index in [1.807, 2.05) is 12.1 Å². The van der Waals surface area contributed by atoms with Crippen LogP contribution in [0.2, 0.25) is 0 Å². The number of thiazole rings is 1. The van der Waals surface area contributed by atoms with Gasteiger partial charge in [-0.05, 0) is 55.1 Å². The van der Waals surface area contributed by atoms with Crippen LogP contribution < -0.4 is 9.46 Å². The topological polar surface area (TPSA) is 106 Å². The fourth-order valence-electron chi connectivity index (χ4n) is 4.94. The summed E-state index contributed by atoms with van der Waals surface area (Å²) in [5.41, 5.74) is 1.91. The van der Waals surface area contributed by atoms with E-state index >= 15 is 0 Å². The quantitative estimate of drug-likeness (QED) is 0.405. The van der Waals surface area contributed by atoms with Gasteiger partial charge in [0.25, 0.3) is 10.0 Å². The number of aromatic nitrogens is 1. The van der Waals surface area contributed by atoms with Gasteiger partial charge in [0.15, 0.2) is 5.03 Å². The molecule has 2 fully saturated rings. The van der Waals surface area contributed by atoms with Crippen LogP contribution in [0.25, 0.3) is 10.6 Å². The number of carboxylic acid groups (broad SMARTS) is 1. The Balaban J connectivity index is 1.34. The predicted molar refractivity (Wildman–Crippen MR) is 131 cm³/mol. The molecule has 7 nitrogen and oxygen atoms in total. The van der Waals surface area contributed by atoms with Gasteiger partial charge < -0.3 is 9.84 Å². The van der Waals surface area contributed by atoms with Crippen molar-refractivity contribution in [1.82, 2.24) is 4.98 Å². The normalized spacial score (nSPS) is 18.9. The Hall–Kier alpha value is -2.98. The third kappa shape index (κ3) is 4.77. The zero-order chi connectivity index (χ0) is 24.8. The average Bonchev–Trinajstić information content (AvgIpc) is 3.37. The van der Waals surface area contributed by atoms with Crippen LogP contribution in [0.4, 0.5) is 10.1 Å². The summed E-state index contributed by atoms with van der Waals surface area (Å²) in [7, 11) is -2.92. The van der Waals surface area contributed by atoms with E-state index in [0.717, 1.165) is 17.7 Å². The van der Waals surface area contributed by atoms with Gasteiger partial charge >= 0.3 is 5.97 Å². The van der Waals surface area contributed by atoms with Gasteiger partial charge in [-0.3, -0.25) is 4.72 Å². The van der Waals surface area contributed by atoms with Gasteiger partial charge in [-0.1, -0.05) is 30.7 Å². The molecule has 2 N–H and O–H groups in total. The van der Waals surface area contributed by atoms with Gasteiger partial charge in [-0.2, -0.15) is 8.42 Å². The first-order chi connectivity index (χ1) is 16.7. The van der Waals surface area contributed by atoms with Crippen LogP contribution in [0.3, 0.4) is 0 Å². The molecule has 3 aromatic rings. The number of sulfonamides is 1. The highest BCUT2D eigenvalue weighted by atomic mass is 32.2. The first-order valence-electron chi connectivity index (χ1n) is 11.4. The number of ether oxygens (including phenoxy) is 1. The molecule has 2 aromatic carbocycles. The molecule has 0 aliphatic heterocycles. The molecule has 0 amide bonds. The highest BCUT2D eigenvalue weighted by molar-refractivity contribution is 7.92. The fraction of sp³-hybridized carbons (Fsp3) is 0.360. The van der Waals surface area contributed by atoms with Gasteiger partial charge in [-0.15, -0.1) is 11.3 Å². The number of halogens is 1. The van der Waals surface area contributed by atoms with Gasteiger partial charge in [0.1, 0.15) is 16.6 Å². The maximum atomic E-state index is 14.1. The number of hydrogen-bond donors (Lipinski definition) is 2. The molecule has 2 saturated carbocycles. The van der Waals surface area contributed by atoms with E-state index in [0.29, 0.717) is 16.3 Å². The second kappa shape index (κ2) is 8.91. The van der Waals surface area contributed by atoms with E-state index < -0.39 is 27.4 Å². The van der Waals surface area contributed by atoms with Crippen LogP contribution in [0, 0.1) is 11.2 Å². The number of nitrogens with zero attached hydrogens (tertiary/aromatic N) is 1. The van der Waals surface area contributed by atoms with E-state index in [4.69, 9.17) is 9.84 Å². The minimum absolute atomic E-state index is 0.117. The van der Waals surface area contributed by atoms with Crippen LogP contribution >= 0.6 is 11.3 Å². The lowest BCUT2D eigenvalue weighted by Gasteiger charge is -2.29. The smallest absolute Gasteiger partial charge is 0.338 e. The SMILES string of the molecule is COc1cc(C(=O)O)c(F)cc1NS(=O)(=O)c1csc(-c2ccc(C3CCCC4(CC4)C3)cc2)n1. The molecule has 0 saturated heterocycles. The molecule has 10 heteroatoms. The molecule has 5 rings (SSSR count). The number of carboxylic acids is 1. The minimum Gasteiger partial charge on any atom is -0.495 e. The molecular formula is C25H25FN2O5S2. The van der Waals surface area contributed by atoms with E-state index in [2.05, 4.69) is 21.8 Å². The Kier molecular flexibility index (Phi) is 6.04. The Morgan fingerprint density at radius 1 is 1.23 bits per heavy atom. The van der Waals surface area contributed by atoms with Crippen molar-refractivity contribution in [1.29, 1.82) is 0 Å². The standard InChI is InChI=1S/C25H25FN2O5S2/c1-33-21-11-18(24(29)30)19(26)12-20(21)28-35(31,32)22-14-34-23(27-22)16-6-4-15(5-7-16)17-3-2-8-25(13-17)9-10-25/h4-7,11-12,14,17,28H,2-3,8-10,13H2,1H3,(H,29,30). The molecule has 2 aliphatic rings. The molecular weight excluding hydrogens is 491 g/mol. The lowest BCUT2D eigenvalue weighted by molar-refractivity contribution is 0.0691. The van der Waals surface area contributed by atoms with Crippen molar-refractivity contribution in [2.45, 2.75) is 49.5 Å². The molecule has 2 aliphatic carbocycles. The Morgan fingerprint density at radius 3 is 2.63 bits per heavy atom. The summed E-state index contributed by atoms with van der Waals surface area (Å²) in [6, 6.07) is 9.91. The number of methoxy groups -OCH3 is 1. The monoisotopic (exact) mass is 516 g/mol. The van der Waals surface area contributed by atoms with Gasteiger partial charge in [0.05, 0.1) is 18.4 Å². The Bertz CT molecular complexity index is 1380. The number of carbonyl (C=O) groups is 1. The summed E-state index contributed by atoms with van der Waals surface area (Å²) in [5, 5.41) is 10.8. The number of anilines is 1. The van der Waals surface area contributed by atoms with Crippen molar-refractivity contribution in [3.05, 3.63) is 58.7 Å². The lowest BCUT2D eigenvalue weighted by atomic mass is 9.76. The van der Waals surface area contributed by atoms with E-state index in [9.17, 15) is 17.6 Å². The fourth-order valence-corrected chi connectivity index (χ4v) is 7.10. The van der Waals surface area contributed by atoms with Crippen LogP contribution in [0.5, 0.6) is 5.75 Å². The molecule has 1 atom stereocenters. The maximum Gasteiger partial charge on any atom is 0.338 e. The molecule has 1 unspecified atom stereocenters. The van der Waals surface area contributed by atoms with Gasteiger partial charge in [0, 0.05) is 17.0 Å². The molecule has 184 valence electrons. The van der Waals surface area contributed by atoms with Crippen molar-refractivity contribution in [3.8, 4) is 16.3 Å². The number of hydrogen-bond acceptors (Lipinski definition) is 6. The molecule has 1 aromatic heterocycles. The first-order valence-corrected chi connectivity index (χ1v) is 13.8. The first kappa shape index (κ1) is 23.7. The minimum atomic E-state index is -4.16. The van der Waals surface area contributed by atoms with Crippen LogP contribution in [0.1, 0.15) is 60.4 Å². The second-order valence-electron chi connectivity index (χ2n) is 9.35. The van der Waals surface area contributed by atoms with Crippen LogP contribution in [0.15, 0.2) is 46.8 Å². The van der Waals surface area contributed by atoms with Gasteiger partial charge in [-0.25, -0.2) is 14.2 Å². The Labute approximate surface area is 207 Å². The molecule has 35 heavy (non-hydrogen) atoms. The summed E-state index contributed by atoms with van der Waals surface area (Å²) >= 11 is 1.20. The largest absolute Gasteiger partial charge is 0.495 e. The van der Waals surface area contributed by atoms with Gasteiger partial charge in [0.2, 0.25) is 0 Å². The van der Waals surface area contributed by atoms with Crippen molar-refractivity contribution in [2.24, 2.45) is 5.41 Å². The zero-order valence-corrected chi connectivity index (χ0v) is 20.7. The number of benzene rings is 2. The highest BCUT2D eigenvalue weighted by Gasteiger charge is 2.45. The molecule has 1 heterocycles. The molecule has 0 radical (unpaired) electrons. The maximum absolute atomic E-state index is 14.1. The van der Waals surface area contributed by atoms with Crippen molar-refractivity contribution < 1.29 is 27.4 Å². The Morgan fingerprint density at radius 2 is 1.97 bits per heavy atom.